The summed E-state index contributed by atoms with van der Waals surface area (Å²) in [6.45, 7) is 5.16. The first-order chi connectivity index (χ1) is 20.1. The van der Waals surface area contributed by atoms with E-state index in [9.17, 15) is 13.2 Å². The molecule has 2 heterocycles. The Hall–Kier alpha value is -3.80. The van der Waals surface area contributed by atoms with Gasteiger partial charge in [-0.25, -0.2) is 13.1 Å². The number of rotatable bonds is 9. The van der Waals surface area contributed by atoms with Crippen LogP contribution in [0.4, 0.5) is 5.69 Å². The molecule has 1 aromatic heterocycles. The molecule has 0 spiro atoms. The van der Waals surface area contributed by atoms with Gasteiger partial charge in [0.25, 0.3) is 0 Å². The van der Waals surface area contributed by atoms with Crippen LogP contribution in [0.3, 0.4) is 0 Å². The van der Waals surface area contributed by atoms with Crippen molar-refractivity contribution in [3.63, 3.8) is 0 Å². The molecule has 0 aliphatic carbocycles. The number of nitrogens with zero attached hydrogens (tertiary/aromatic N) is 5. The fourth-order valence-corrected chi connectivity index (χ4v) is 7.22. The minimum atomic E-state index is -3.73. The van der Waals surface area contributed by atoms with Crippen molar-refractivity contribution in [3.8, 4) is 0 Å². The number of sulfonamides is 1. The Morgan fingerprint density at radius 3 is 2.64 bits per heavy atom. The maximum atomic E-state index is 13.8. The number of aromatic nitrogens is 3. The number of ether oxygens (including phenoxy) is 1. The topological polar surface area (TPSA) is 118 Å². The van der Waals surface area contributed by atoms with Crippen LogP contribution < -0.4 is 4.90 Å². The number of aryl methyl sites for hydroxylation is 3. The van der Waals surface area contributed by atoms with Crippen LogP contribution in [0.25, 0.3) is 11.0 Å². The van der Waals surface area contributed by atoms with Crippen molar-refractivity contribution in [3.05, 3.63) is 82.4 Å². The summed E-state index contributed by atoms with van der Waals surface area (Å²) in [5.74, 6) is -0.728. The third-order valence-corrected chi connectivity index (χ3v) is 9.98. The average molecular weight is 592 g/mol. The number of para-hydroxylation sites is 1. The molecule has 222 valence electrons. The SMILES string of the molecule is Cc1ccc(C(CC(=O)OCCCO)c2ccc3c(nnn3C)c2C)cc1CN1CCN(C)c2ccccc2S1(=O)=O. The Morgan fingerprint density at radius 2 is 1.86 bits per heavy atom. The van der Waals surface area contributed by atoms with Crippen molar-refractivity contribution in [1.29, 1.82) is 0 Å². The lowest BCUT2D eigenvalue weighted by molar-refractivity contribution is -0.144. The third-order valence-electron chi connectivity index (χ3n) is 8.09. The van der Waals surface area contributed by atoms with E-state index in [1.54, 1.807) is 16.8 Å². The minimum absolute atomic E-state index is 0.0554. The third kappa shape index (κ3) is 5.77. The lowest BCUT2D eigenvalue weighted by atomic mass is 9.84. The molecule has 4 aromatic rings. The van der Waals surface area contributed by atoms with E-state index in [2.05, 4.69) is 10.3 Å². The van der Waals surface area contributed by atoms with Gasteiger partial charge < -0.3 is 14.7 Å². The largest absolute Gasteiger partial charge is 0.466 e. The van der Waals surface area contributed by atoms with E-state index < -0.39 is 10.0 Å². The molecule has 1 aliphatic rings. The van der Waals surface area contributed by atoms with Gasteiger partial charge in [-0.15, -0.1) is 5.10 Å². The standard InChI is InChI=1S/C31H37N5O5S/c1-21-10-11-23(18-24(21)20-36-15-14-34(3)27-8-5-6-9-29(27)42(36,39)40)26(19-30(38)41-17-7-16-37)25-12-13-28-31(22(25)2)32-33-35(28)4/h5-6,8-13,18,26,37H,7,14-17,19-20H2,1-4H3. The zero-order valence-electron chi connectivity index (χ0n) is 24.4. The summed E-state index contributed by atoms with van der Waals surface area (Å²) in [7, 11) is 0.0106. The van der Waals surface area contributed by atoms with Crippen LogP contribution in [0.1, 0.15) is 46.6 Å². The fraction of sp³-hybridized carbons (Fsp3) is 0.387. The predicted octanol–water partition coefficient (Wildman–Crippen LogP) is 3.67. The molecule has 10 nitrogen and oxygen atoms in total. The van der Waals surface area contributed by atoms with Crippen LogP contribution in [0, 0.1) is 13.8 Å². The number of hydrogen-bond acceptors (Lipinski definition) is 8. The summed E-state index contributed by atoms with van der Waals surface area (Å²) in [5.41, 5.74) is 6.91. The van der Waals surface area contributed by atoms with E-state index in [1.807, 2.05) is 75.3 Å². The van der Waals surface area contributed by atoms with Gasteiger partial charge in [0.2, 0.25) is 10.0 Å². The number of anilines is 1. The Bertz CT molecular complexity index is 1720. The highest BCUT2D eigenvalue weighted by molar-refractivity contribution is 7.89. The van der Waals surface area contributed by atoms with E-state index in [-0.39, 0.29) is 38.1 Å². The number of esters is 1. The van der Waals surface area contributed by atoms with Crippen LogP contribution in [0.5, 0.6) is 0 Å². The molecule has 0 radical (unpaired) electrons. The van der Waals surface area contributed by atoms with Crippen molar-refractivity contribution in [2.24, 2.45) is 7.05 Å². The van der Waals surface area contributed by atoms with E-state index in [1.165, 1.54) is 4.31 Å². The minimum Gasteiger partial charge on any atom is -0.466 e. The number of benzene rings is 3. The first kappa shape index (κ1) is 29.7. The molecule has 1 atom stereocenters. The lowest BCUT2D eigenvalue weighted by Crippen LogP contribution is -2.33. The van der Waals surface area contributed by atoms with Gasteiger partial charge in [0.15, 0.2) is 0 Å². The number of carbonyl (C=O) groups excluding carboxylic acids is 1. The summed E-state index contributed by atoms with van der Waals surface area (Å²) in [4.78, 5) is 15.2. The maximum Gasteiger partial charge on any atom is 0.306 e. The molecule has 0 saturated heterocycles. The van der Waals surface area contributed by atoms with E-state index in [4.69, 9.17) is 9.84 Å². The molecule has 0 bridgehead atoms. The molecule has 11 heteroatoms. The number of likely N-dealkylation sites (N-methyl/N-ethyl adjacent to an activating group) is 1. The number of fused-ring (bicyclic) bond motifs is 2. The molecular weight excluding hydrogens is 554 g/mol. The quantitative estimate of drug-likeness (QED) is 0.231. The molecule has 1 unspecified atom stereocenters. The van der Waals surface area contributed by atoms with E-state index in [0.29, 0.717) is 30.1 Å². The molecule has 0 saturated carbocycles. The number of aliphatic hydroxyl groups excluding tert-OH is 1. The number of aliphatic hydroxyl groups is 1. The van der Waals surface area contributed by atoms with E-state index in [0.717, 1.165) is 38.9 Å². The summed E-state index contributed by atoms with van der Waals surface area (Å²) < 4.78 is 36.2. The molecule has 5 rings (SSSR count). The number of hydrogen-bond donors (Lipinski definition) is 1. The molecule has 3 aromatic carbocycles. The van der Waals surface area contributed by atoms with Crippen LogP contribution in [0.15, 0.2) is 59.5 Å². The summed E-state index contributed by atoms with van der Waals surface area (Å²) in [6.07, 6.45) is 0.457. The van der Waals surface area contributed by atoms with Crippen molar-refractivity contribution >= 4 is 32.7 Å². The predicted molar refractivity (Wildman–Crippen MR) is 161 cm³/mol. The zero-order chi connectivity index (χ0) is 30.0. The summed E-state index contributed by atoms with van der Waals surface area (Å²) in [5, 5.41) is 17.6. The van der Waals surface area contributed by atoms with Gasteiger partial charge in [0.05, 0.1) is 24.2 Å². The van der Waals surface area contributed by atoms with Gasteiger partial charge in [-0.3, -0.25) is 4.79 Å². The van der Waals surface area contributed by atoms with Crippen molar-refractivity contribution in [2.75, 3.05) is 38.3 Å². The van der Waals surface area contributed by atoms with Crippen LogP contribution in [0.2, 0.25) is 0 Å². The monoisotopic (exact) mass is 591 g/mol. The highest BCUT2D eigenvalue weighted by Gasteiger charge is 2.32. The van der Waals surface area contributed by atoms with Gasteiger partial charge in [-0.2, -0.15) is 4.31 Å². The van der Waals surface area contributed by atoms with Gasteiger partial charge in [0.1, 0.15) is 10.4 Å². The Morgan fingerprint density at radius 1 is 1.07 bits per heavy atom. The van der Waals surface area contributed by atoms with E-state index >= 15 is 0 Å². The average Bonchev–Trinajstić information content (AvgIpc) is 3.32. The normalized spacial score (nSPS) is 15.8. The Kier molecular flexibility index (Phi) is 8.63. The van der Waals surface area contributed by atoms with Gasteiger partial charge >= 0.3 is 5.97 Å². The summed E-state index contributed by atoms with van der Waals surface area (Å²) >= 11 is 0. The second-order valence-electron chi connectivity index (χ2n) is 10.8. The first-order valence-corrected chi connectivity index (χ1v) is 15.5. The molecule has 42 heavy (non-hydrogen) atoms. The molecular formula is C31H37N5O5S. The van der Waals surface area contributed by atoms with Gasteiger partial charge in [-0.05, 0) is 59.9 Å². The smallest absolute Gasteiger partial charge is 0.306 e. The molecule has 1 aliphatic heterocycles. The lowest BCUT2D eigenvalue weighted by Gasteiger charge is -2.24. The van der Waals surface area contributed by atoms with Crippen LogP contribution in [-0.2, 0) is 33.1 Å². The van der Waals surface area contributed by atoms with Crippen molar-refractivity contribution in [1.82, 2.24) is 19.3 Å². The van der Waals surface area contributed by atoms with Gasteiger partial charge in [-0.1, -0.05) is 41.6 Å². The van der Waals surface area contributed by atoms with Crippen LogP contribution >= 0.6 is 0 Å². The first-order valence-electron chi connectivity index (χ1n) is 14.1. The second kappa shape index (κ2) is 12.2. The van der Waals surface area contributed by atoms with Gasteiger partial charge in [0, 0.05) is 52.7 Å². The molecule has 0 amide bonds. The molecule has 1 N–H and O–H groups in total. The fourth-order valence-electron chi connectivity index (χ4n) is 5.57. The molecule has 0 fully saturated rings. The van der Waals surface area contributed by atoms with Crippen molar-refractivity contribution in [2.45, 2.75) is 44.0 Å². The Labute approximate surface area is 246 Å². The number of carbonyl (C=O) groups is 1. The van der Waals surface area contributed by atoms with Crippen LogP contribution in [-0.4, -0.2) is 72.1 Å². The maximum absolute atomic E-state index is 13.8. The Balaban J connectivity index is 1.53. The highest BCUT2D eigenvalue weighted by atomic mass is 32.2. The summed E-state index contributed by atoms with van der Waals surface area (Å²) in [6, 6.07) is 17.0. The second-order valence-corrected chi connectivity index (χ2v) is 12.7. The zero-order valence-corrected chi connectivity index (χ0v) is 25.3. The van der Waals surface area contributed by atoms with Crippen molar-refractivity contribution < 1.29 is 23.1 Å². The highest BCUT2D eigenvalue weighted by Crippen LogP contribution is 2.36.